The standard InChI is InChI=1S/C21H24ClN3O3/c1-14(26)16-5-8-20(23-12-16)25-9-3-4-15(13-25)11-24-21(27)18-7-6-17(22)10-19(18)28-2/h5-8,10,12,15H,3-4,9,11,13H2,1-2H3,(H,24,27). The van der Waals surface area contributed by atoms with Crippen LogP contribution < -0.4 is 15.0 Å². The van der Waals surface area contributed by atoms with E-state index < -0.39 is 0 Å². The number of pyridine rings is 1. The van der Waals surface area contributed by atoms with Gasteiger partial charge in [0.05, 0.1) is 12.7 Å². The molecule has 0 aliphatic carbocycles. The summed E-state index contributed by atoms with van der Waals surface area (Å²) in [5.74, 6) is 1.49. The van der Waals surface area contributed by atoms with Crippen molar-refractivity contribution in [3.05, 3.63) is 52.7 Å². The molecule has 1 N–H and O–H groups in total. The van der Waals surface area contributed by atoms with Gasteiger partial charge in [-0.1, -0.05) is 11.6 Å². The second-order valence-electron chi connectivity index (χ2n) is 6.97. The van der Waals surface area contributed by atoms with E-state index in [4.69, 9.17) is 16.3 Å². The van der Waals surface area contributed by atoms with E-state index in [0.717, 1.165) is 31.7 Å². The summed E-state index contributed by atoms with van der Waals surface area (Å²) in [7, 11) is 1.52. The van der Waals surface area contributed by atoms with Gasteiger partial charge < -0.3 is 15.0 Å². The summed E-state index contributed by atoms with van der Waals surface area (Å²) in [6.45, 7) is 3.84. The van der Waals surface area contributed by atoms with Crippen molar-refractivity contribution in [2.45, 2.75) is 19.8 Å². The summed E-state index contributed by atoms with van der Waals surface area (Å²) in [6, 6.07) is 8.68. The first-order valence-electron chi connectivity index (χ1n) is 9.31. The number of ether oxygens (including phenoxy) is 1. The number of piperidine rings is 1. The zero-order chi connectivity index (χ0) is 20.1. The molecule has 0 saturated carbocycles. The Labute approximate surface area is 169 Å². The highest BCUT2D eigenvalue weighted by atomic mass is 35.5. The van der Waals surface area contributed by atoms with Crippen LogP contribution in [0.5, 0.6) is 5.75 Å². The van der Waals surface area contributed by atoms with Gasteiger partial charge in [-0.15, -0.1) is 0 Å². The maximum atomic E-state index is 12.5. The largest absolute Gasteiger partial charge is 0.496 e. The number of anilines is 1. The molecule has 1 aromatic carbocycles. The van der Waals surface area contributed by atoms with Crippen molar-refractivity contribution in [3.8, 4) is 5.75 Å². The van der Waals surface area contributed by atoms with Gasteiger partial charge in [0, 0.05) is 36.4 Å². The molecule has 1 amide bonds. The summed E-state index contributed by atoms with van der Waals surface area (Å²) in [5.41, 5.74) is 1.09. The SMILES string of the molecule is COc1cc(Cl)ccc1C(=O)NCC1CCCN(c2ccc(C(C)=O)cn2)C1. The van der Waals surface area contributed by atoms with Gasteiger partial charge in [-0.25, -0.2) is 4.98 Å². The Morgan fingerprint density at radius 3 is 2.82 bits per heavy atom. The third-order valence-corrected chi connectivity index (χ3v) is 5.19. The number of halogens is 1. The summed E-state index contributed by atoms with van der Waals surface area (Å²) in [4.78, 5) is 30.6. The number of nitrogens with one attached hydrogen (secondary N) is 1. The smallest absolute Gasteiger partial charge is 0.255 e. The molecular weight excluding hydrogens is 378 g/mol. The molecule has 1 atom stereocenters. The van der Waals surface area contributed by atoms with Crippen LogP contribution in [-0.2, 0) is 0 Å². The molecule has 0 bridgehead atoms. The molecule has 1 aliphatic rings. The highest BCUT2D eigenvalue weighted by Crippen LogP contribution is 2.24. The third-order valence-electron chi connectivity index (χ3n) is 4.96. The number of carbonyl (C=O) groups excluding carboxylic acids is 2. The normalized spacial score (nSPS) is 16.5. The summed E-state index contributed by atoms with van der Waals surface area (Å²) >= 11 is 5.96. The molecule has 2 heterocycles. The number of hydrogen-bond acceptors (Lipinski definition) is 5. The second kappa shape index (κ2) is 9.06. The van der Waals surface area contributed by atoms with Gasteiger partial charge in [-0.05, 0) is 56.0 Å². The minimum absolute atomic E-state index is 0.0101. The minimum Gasteiger partial charge on any atom is -0.496 e. The average Bonchev–Trinajstić information content (AvgIpc) is 2.72. The number of Topliss-reactive ketones (excluding diaryl/α,β-unsaturated/α-hetero) is 1. The Kier molecular flexibility index (Phi) is 6.52. The fourth-order valence-corrected chi connectivity index (χ4v) is 3.57. The van der Waals surface area contributed by atoms with Crippen LogP contribution in [0.2, 0.25) is 5.02 Å². The van der Waals surface area contributed by atoms with Crippen molar-refractivity contribution in [3.63, 3.8) is 0 Å². The van der Waals surface area contributed by atoms with E-state index in [9.17, 15) is 9.59 Å². The maximum absolute atomic E-state index is 12.5. The predicted molar refractivity (Wildman–Crippen MR) is 110 cm³/mol. The first-order chi connectivity index (χ1) is 13.5. The van der Waals surface area contributed by atoms with Crippen LogP contribution in [0.25, 0.3) is 0 Å². The van der Waals surface area contributed by atoms with E-state index in [2.05, 4.69) is 15.2 Å². The number of carbonyl (C=O) groups is 2. The molecule has 0 radical (unpaired) electrons. The van der Waals surface area contributed by atoms with Crippen LogP contribution in [-0.4, -0.2) is 43.4 Å². The van der Waals surface area contributed by atoms with Gasteiger partial charge >= 0.3 is 0 Å². The van der Waals surface area contributed by atoms with Crippen LogP contribution in [0.1, 0.15) is 40.5 Å². The molecule has 2 aromatic rings. The first-order valence-corrected chi connectivity index (χ1v) is 9.69. The highest BCUT2D eigenvalue weighted by molar-refractivity contribution is 6.30. The topological polar surface area (TPSA) is 71.5 Å². The fraction of sp³-hybridized carbons (Fsp3) is 0.381. The molecule has 1 saturated heterocycles. The number of aromatic nitrogens is 1. The zero-order valence-corrected chi connectivity index (χ0v) is 16.8. The van der Waals surface area contributed by atoms with E-state index in [-0.39, 0.29) is 11.7 Å². The van der Waals surface area contributed by atoms with Crippen LogP contribution >= 0.6 is 11.6 Å². The van der Waals surface area contributed by atoms with Crippen molar-refractivity contribution < 1.29 is 14.3 Å². The van der Waals surface area contributed by atoms with Gasteiger partial charge in [0.2, 0.25) is 0 Å². The number of nitrogens with zero attached hydrogens (tertiary/aromatic N) is 2. The Morgan fingerprint density at radius 1 is 1.32 bits per heavy atom. The van der Waals surface area contributed by atoms with Gasteiger partial charge in [0.15, 0.2) is 5.78 Å². The number of ketones is 1. The Hall–Kier alpha value is -2.60. The lowest BCUT2D eigenvalue weighted by molar-refractivity contribution is 0.0941. The van der Waals surface area contributed by atoms with E-state index in [1.165, 1.54) is 14.0 Å². The lowest BCUT2D eigenvalue weighted by atomic mass is 9.97. The number of hydrogen-bond donors (Lipinski definition) is 1. The average molecular weight is 402 g/mol. The maximum Gasteiger partial charge on any atom is 0.255 e. The molecule has 1 aliphatic heterocycles. The summed E-state index contributed by atoms with van der Waals surface area (Å²) in [5, 5.41) is 3.53. The molecule has 6 nitrogen and oxygen atoms in total. The Bertz CT molecular complexity index is 854. The van der Waals surface area contributed by atoms with Crippen molar-refractivity contribution in [1.82, 2.24) is 10.3 Å². The quantitative estimate of drug-likeness (QED) is 0.749. The molecule has 3 rings (SSSR count). The van der Waals surface area contributed by atoms with Crippen LogP contribution in [0.4, 0.5) is 5.82 Å². The molecule has 0 spiro atoms. The lowest BCUT2D eigenvalue weighted by Crippen LogP contribution is -2.41. The van der Waals surface area contributed by atoms with Crippen LogP contribution in [0.15, 0.2) is 36.5 Å². The highest BCUT2D eigenvalue weighted by Gasteiger charge is 2.22. The number of rotatable bonds is 6. The number of benzene rings is 1. The monoisotopic (exact) mass is 401 g/mol. The molecule has 1 fully saturated rings. The number of methoxy groups -OCH3 is 1. The van der Waals surface area contributed by atoms with E-state index in [1.54, 1.807) is 24.4 Å². The Balaban J connectivity index is 1.59. The molecular formula is C21H24ClN3O3. The van der Waals surface area contributed by atoms with Crippen LogP contribution in [0, 0.1) is 5.92 Å². The molecule has 1 aromatic heterocycles. The van der Waals surface area contributed by atoms with Crippen molar-refractivity contribution >= 4 is 29.1 Å². The molecule has 1 unspecified atom stereocenters. The van der Waals surface area contributed by atoms with Gasteiger partial charge in [0.1, 0.15) is 11.6 Å². The van der Waals surface area contributed by atoms with E-state index in [0.29, 0.717) is 34.4 Å². The molecule has 28 heavy (non-hydrogen) atoms. The zero-order valence-electron chi connectivity index (χ0n) is 16.1. The van der Waals surface area contributed by atoms with Gasteiger partial charge in [-0.3, -0.25) is 9.59 Å². The van der Waals surface area contributed by atoms with Crippen molar-refractivity contribution in [2.75, 3.05) is 31.6 Å². The first kappa shape index (κ1) is 20.1. The van der Waals surface area contributed by atoms with Gasteiger partial charge in [-0.2, -0.15) is 0 Å². The molecule has 148 valence electrons. The second-order valence-corrected chi connectivity index (χ2v) is 7.41. The van der Waals surface area contributed by atoms with Gasteiger partial charge in [0.25, 0.3) is 5.91 Å². The lowest BCUT2D eigenvalue weighted by Gasteiger charge is -2.33. The summed E-state index contributed by atoms with van der Waals surface area (Å²) < 4.78 is 5.25. The van der Waals surface area contributed by atoms with Crippen LogP contribution in [0.3, 0.4) is 0 Å². The van der Waals surface area contributed by atoms with E-state index >= 15 is 0 Å². The summed E-state index contributed by atoms with van der Waals surface area (Å²) in [6.07, 6.45) is 3.69. The Morgan fingerprint density at radius 2 is 2.14 bits per heavy atom. The van der Waals surface area contributed by atoms with Crippen molar-refractivity contribution in [1.29, 1.82) is 0 Å². The van der Waals surface area contributed by atoms with Crippen molar-refractivity contribution in [2.24, 2.45) is 5.92 Å². The van der Waals surface area contributed by atoms with E-state index in [1.807, 2.05) is 12.1 Å². The fourth-order valence-electron chi connectivity index (χ4n) is 3.41. The predicted octanol–water partition coefficient (Wildman–Crippen LogP) is 3.59. The molecule has 7 heteroatoms. The number of amides is 1. The minimum atomic E-state index is -0.172. The third kappa shape index (κ3) is 4.81.